The summed E-state index contributed by atoms with van der Waals surface area (Å²) in [5.74, 6) is -1.23. The molecule has 2 aromatic rings. The Hall–Kier alpha value is -2.77. The summed E-state index contributed by atoms with van der Waals surface area (Å²) in [6.45, 7) is 1.43. The van der Waals surface area contributed by atoms with Gasteiger partial charge in [0.05, 0.1) is 5.56 Å². The number of rotatable bonds is 5. The van der Waals surface area contributed by atoms with E-state index in [0.717, 1.165) is 0 Å². The van der Waals surface area contributed by atoms with Gasteiger partial charge in [-0.3, -0.25) is 4.79 Å². The average molecular weight is 396 g/mol. The highest BCUT2D eigenvalue weighted by molar-refractivity contribution is 6.35. The zero-order chi connectivity index (χ0) is 19.3. The SMILES string of the molecule is CC(OC(=O)c1ccc(NC(N)=O)cc1)C(=O)Nc1cc(Cl)cc(Cl)c1. The van der Waals surface area contributed by atoms with E-state index in [4.69, 9.17) is 33.7 Å². The van der Waals surface area contributed by atoms with E-state index in [1.54, 1.807) is 0 Å². The Morgan fingerprint density at radius 3 is 2.08 bits per heavy atom. The van der Waals surface area contributed by atoms with Gasteiger partial charge in [-0.05, 0) is 49.4 Å². The standard InChI is InChI=1S/C17H15Cl2N3O4/c1-9(15(23)21-14-7-11(18)6-12(19)8-14)26-16(24)10-2-4-13(5-3-10)22-17(20)25/h2-9H,1H3,(H,21,23)(H3,20,22,25). The van der Waals surface area contributed by atoms with Crippen molar-refractivity contribution in [3.05, 3.63) is 58.1 Å². The van der Waals surface area contributed by atoms with Gasteiger partial charge >= 0.3 is 12.0 Å². The molecule has 0 bridgehead atoms. The Balaban J connectivity index is 1.97. The predicted molar refractivity (Wildman–Crippen MR) is 99.6 cm³/mol. The van der Waals surface area contributed by atoms with Crippen LogP contribution in [0.15, 0.2) is 42.5 Å². The van der Waals surface area contributed by atoms with Crippen LogP contribution in [0.25, 0.3) is 0 Å². The van der Waals surface area contributed by atoms with Gasteiger partial charge in [0.25, 0.3) is 5.91 Å². The minimum Gasteiger partial charge on any atom is -0.449 e. The summed E-state index contributed by atoms with van der Waals surface area (Å²) in [6.07, 6.45) is -1.05. The molecule has 7 nitrogen and oxygen atoms in total. The zero-order valence-corrected chi connectivity index (χ0v) is 15.1. The number of hydrogen-bond donors (Lipinski definition) is 3. The molecule has 0 spiro atoms. The summed E-state index contributed by atoms with van der Waals surface area (Å²) in [5, 5.41) is 5.66. The summed E-state index contributed by atoms with van der Waals surface area (Å²) < 4.78 is 5.12. The molecule has 9 heteroatoms. The molecule has 2 rings (SSSR count). The van der Waals surface area contributed by atoms with Gasteiger partial charge in [-0.1, -0.05) is 23.2 Å². The van der Waals surface area contributed by atoms with Crippen LogP contribution in [0.2, 0.25) is 10.0 Å². The van der Waals surface area contributed by atoms with Gasteiger partial charge in [0.1, 0.15) is 0 Å². The van der Waals surface area contributed by atoms with E-state index in [2.05, 4.69) is 10.6 Å². The maximum Gasteiger partial charge on any atom is 0.338 e. The van der Waals surface area contributed by atoms with Crippen molar-refractivity contribution in [1.82, 2.24) is 0 Å². The summed E-state index contributed by atoms with van der Waals surface area (Å²) in [6, 6.07) is 9.70. The van der Waals surface area contributed by atoms with Crippen LogP contribution in [-0.2, 0) is 9.53 Å². The maximum absolute atomic E-state index is 12.1. The van der Waals surface area contributed by atoms with Crippen LogP contribution in [0, 0.1) is 0 Å². The lowest BCUT2D eigenvalue weighted by molar-refractivity contribution is -0.123. The molecule has 0 aliphatic carbocycles. The number of halogens is 2. The zero-order valence-electron chi connectivity index (χ0n) is 13.6. The van der Waals surface area contributed by atoms with Crippen molar-refractivity contribution in [3.63, 3.8) is 0 Å². The second-order valence-corrected chi connectivity index (χ2v) is 6.13. The molecule has 4 N–H and O–H groups in total. The van der Waals surface area contributed by atoms with Crippen LogP contribution < -0.4 is 16.4 Å². The van der Waals surface area contributed by atoms with Crippen molar-refractivity contribution in [3.8, 4) is 0 Å². The minimum atomic E-state index is -1.05. The molecule has 2 aromatic carbocycles. The predicted octanol–water partition coefficient (Wildman–Crippen LogP) is 3.67. The number of nitrogens with one attached hydrogen (secondary N) is 2. The number of urea groups is 1. The molecule has 0 aromatic heterocycles. The first-order valence-corrected chi connectivity index (χ1v) is 8.14. The van der Waals surface area contributed by atoms with Crippen LogP contribution >= 0.6 is 23.2 Å². The van der Waals surface area contributed by atoms with Crippen molar-refractivity contribution in [2.24, 2.45) is 5.73 Å². The monoisotopic (exact) mass is 395 g/mol. The smallest absolute Gasteiger partial charge is 0.338 e. The first kappa shape index (κ1) is 19.6. The number of carbonyl (C=O) groups excluding carboxylic acids is 3. The number of benzene rings is 2. The normalized spacial score (nSPS) is 11.3. The van der Waals surface area contributed by atoms with Gasteiger partial charge in [0.15, 0.2) is 6.10 Å². The summed E-state index contributed by atoms with van der Waals surface area (Å²) in [5.41, 5.74) is 6.03. The number of nitrogens with two attached hydrogens (primary N) is 1. The number of ether oxygens (including phenoxy) is 1. The quantitative estimate of drug-likeness (QED) is 0.670. The van der Waals surface area contributed by atoms with E-state index in [0.29, 0.717) is 21.4 Å². The summed E-state index contributed by atoms with van der Waals surface area (Å²) in [4.78, 5) is 35.0. The van der Waals surface area contributed by atoms with Gasteiger partial charge in [0.2, 0.25) is 0 Å². The lowest BCUT2D eigenvalue weighted by Gasteiger charge is -2.14. The lowest BCUT2D eigenvalue weighted by atomic mass is 10.2. The van der Waals surface area contributed by atoms with Crippen molar-refractivity contribution in [2.45, 2.75) is 13.0 Å². The molecule has 3 amide bonds. The van der Waals surface area contributed by atoms with Gasteiger partial charge < -0.3 is 21.1 Å². The van der Waals surface area contributed by atoms with Gasteiger partial charge in [-0.2, -0.15) is 0 Å². The van der Waals surface area contributed by atoms with Gasteiger partial charge in [-0.25, -0.2) is 9.59 Å². The summed E-state index contributed by atoms with van der Waals surface area (Å²) in [7, 11) is 0. The highest BCUT2D eigenvalue weighted by Crippen LogP contribution is 2.22. The number of primary amides is 1. The van der Waals surface area contributed by atoms with Crippen LogP contribution in [0.5, 0.6) is 0 Å². The molecular weight excluding hydrogens is 381 g/mol. The Bertz CT molecular complexity index is 820. The molecule has 1 atom stereocenters. The number of hydrogen-bond acceptors (Lipinski definition) is 4. The third kappa shape index (κ3) is 5.65. The van der Waals surface area contributed by atoms with Gasteiger partial charge in [-0.15, -0.1) is 0 Å². The average Bonchev–Trinajstić information content (AvgIpc) is 2.53. The molecule has 0 saturated carbocycles. The topological polar surface area (TPSA) is 111 Å². The Labute approximate surface area is 159 Å². The van der Waals surface area contributed by atoms with E-state index < -0.39 is 24.0 Å². The van der Waals surface area contributed by atoms with Crippen molar-refractivity contribution < 1.29 is 19.1 Å². The highest BCUT2D eigenvalue weighted by atomic mass is 35.5. The minimum absolute atomic E-state index is 0.213. The fourth-order valence-corrected chi connectivity index (χ4v) is 2.51. The first-order chi connectivity index (χ1) is 12.2. The third-order valence-corrected chi connectivity index (χ3v) is 3.61. The van der Waals surface area contributed by atoms with E-state index in [9.17, 15) is 14.4 Å². The number of esters is 1. The van der Waals surface area contributed by atoms with Crippen LogP contribution in [0.3, 0.4) is 0 Å². The molecule has 0 saturated heterocycles. The third-order valence-electron chi connectivity index (χ3n) is 3.17. The van der Waals surface area contributed by atoms with Crippen molar-refractivity contribution >= 4 is 52.5 Å². The maximum atomic E-state index is 12.1. The van der Waals surface area contributed by atoms with E-state index in [1.165, 1.54) is 49.4 Å². The molecule has 0 radical (unpaired) electrons. The second kappa shape index (κ2) is 8.55. The van der Waals surface area contributed by atoms with Crippen molar-refractivity contribution in [1.29, 1.82) is 0 Å². The van der Waals surface area contributed by atoms with E-state index >= 15 is 0 Å². The number of carbonyl (C=O) groups is 3. The largest absolute Gasteiger partial charge is 0.449 e. The number of anilines is 2. The Morgan fingerprint density at radius 2 is 1.54 bits per heavy atom. The molecular formula is C17H15Cl2N3O4. The lowest BCUT2D eigenvalue weighted by Crippen LogP contribution is -2.30. The fraction of sp³-hybridized carbons (Fsp3) is 0.118. The highest BCUT2D eigenvalue weighted by Gasteiger charge is 2.19. The summed E-state index contributed by atoms with van der Waals surface area (Å²) >= 11 is 11.7. The molecule has 0 fully saturated rings. The Morgan fingerprint density at radius 1 is 0.962 bits per heavy atom. The molecule has 0 aliphatic heterocycles. The van der Waals surface area contributed by atoms with Crippen molar-refractivity contribution in [2.75, 3.05) is 10.6 Å². The molecule has 136 valence electrons. The Kier molecular flexibility index (Phi) is 6.43. The molecule has 1 unspecified atom stereocenters. The molecule has 0 heterocycles. The first-order valence-electron chi connectivity index (χ1n) is 7.39. The van der Waals surface area contributed by atoms with E-state index in [-0.39, 0.29) is 5.56 Å². The van der Waals surface area contributed by atoms with E-state index in [1.807, 2.05) is 0 Å². The molecule has 26 heavy (non-hydrogen) atoms. The van der Waals surface area contributed by atoms with Gasteiger partial charge in [0, 0.05) is 21.4 Å². The number of amides is 3. The van der Waals surface area contributed by atoms with Crippen LogP contribution in [0.1, 0.15) is 17.3 Å². The second-order valence-electron chi connectivity index (χ2n) is 5.26. The van der Waals surface area contributed by atoms with Crippen LogP contribution in [-0.4, -0.2) is 24.0 Å². The van der Waals surface area contributed by atoms with Crippen LogP contribution in [0.4, 0.5) is 16.2 Å². The molecule has 0 aliphatic rings. The fourth-order valence-electron chi connectivity index (χ4n) is 1.98.